The fourth-order valence-corrected chi connectivity index (χ4v) is 4.64. The lowest BCUT2D eigenvalue weighted by molar-refractivity contribution is -0.0561. The maximum absolute atomic E-state index is 10.9. The van der Waals surface area contributed by atoms with Crippen molar-refractivity contribution < 1.29 is 33.5 Å². The number of ether oxygens (including phenoxy) is 2. The Morgan fingerprint density at radius 2 is 2.20 bits per heavy atom. The van der Waals surface area contributed by atoms with Crippen LogP contribution in [0.1, 0.15) is 5.37 Å². The van der Waals surface area contributed by atoms with Gasteiger partial charge in [0.15, 0.2) is 0 Å². The second kappa shape index (κ2) is 8.89. The monoisotopic (exact) mass is 413 g/mol. The Hall–Kier alpha value is -0.560. The molecule has 0 saturated carbocycles. The second-order valence-electron chi connectivity index (χ2n) is 5.21. The Morgan fingerprint density at radius 3 is 2.80 bits per heavy atom. The molecular weight excluding hydrogens is 393 g/mol. The lowest BCUT2D eigenvalue weighted by atomic mass is 10.1. The van der Waals surface area contributed by atoms with Crippen LogP contribution in [0.5, 0.6) is 0 Å². The van der Waals surface area contributed by atoms with Crippen molar-refractivity contribution >= 4 is 37.6 Å². The van der Waals surface area contributed by atoms with Crippen LogP contribution in [0.4, 0.5) is 5.82 Å². The summed E-state index contributed by atoms with van der Waals surface area (Å²) in [5.74, 6) is 0.267. The molecule has 142 valence electrons. The van der Waals surface area contributed by atoms with E-state index in [9.17, 15) is 9.67 Å². The number of hydrogen-bond donors (Lipinski definition) is 4. The largest absolute Gasteiger partial charge is 0.469 e. The van der Waals surface area contributed by atoms with Crippen molar-refractivity contribution in [2.24, 2.45) is 0 Å². The van der Waals surface area contributed by atoms with Gasteiger partial charge in [-0.25, -0.2) is 9.55 Å². The Kier molecular flexibility index (Phi) is 7.38. The van der Waals surface area contributed by atoms with Crippen LogP contribution >= 0.6 is 31.8 Å². The van der Waals surface area contributed by atoms with Crippen LogP contribution in [0.15, 0.2) is 12.3 Å². The lowest BCUT2D eigenvalue weighted by Crippen LogP contribution is -2.36. The van der Waals surface area contributed by atoms with Crippen molar-refractivity contribution in [1.29, 1.82) is 0 Å². The van der Waals surface area contributed by atoms with E-state index in [0.717, 1.165) is 0 Å². The van der Waals surface area contributed by atoms with E-state index in [-0.39, 0.29) is 23.8 Å². The molecule has 0 amide bonds. The number of phosphoric acid groups is 1. The number of rotatable bonds is 8. The molecule has 1 aliphatic rings. The lowest BCUT2D eigenvalue weighted by Gasteiger charge is -2.23. The first-order chi connectivity index (χ1) is 11.7. The van der Waals surface area contributed by atoms with Crippen LogP contribution in [-0.2, 0) is 18.6 Å². The maximum Gasteiger partial charge on any atom is 0.469 e. The van der Waals surface area contributed by atoms with Gasteiger partial charge in [0.25, 0.3) is 0 Å². The topological polar surface area (TPSA) is 149 Å². The van der Waals surface area contributed by atoms with Crippen LogP contribution in [0.2, 0.25) is 0 Å². The number of aromatic nitrogens is 2. The number of nitrogens with zero attached hydrogens (tertiary/aromatic N) is 2. The molecule has 1 fully saturated rings. The highest BCUT2D eigenvalue weighted by molar-refractivity contribution is 8.00. The van der Waals surface area contributed by atoms with Crippen LogP contribution < -0.4 is 5.73 Å². The van der Waals surface area contributed by atoms with E-state index in [2.05, 4.69) is 9.51 Å². The van der Waals surface area contributed by atoms with Crippen molar-refractivity contribution in [3.8, 4) is 0 Å². The highest BCUT2D eigenvalue weighted by atomic mass is 32.2. The quantitative estimate of drug-likeness (QED) is 0.265. The van der Waals surface area contributed by atoms with Gasteiger partial charge in [0, 0.05) is 13.3 Å². The fraction of sp³-hybridized carbons (Fsp3) is 0.667. The van der Waals surface area contributed by atoms with Crippen LogP contribution in [0.3, 0.4) is 0 Å². The Bertz CT molecular complexity index is 685. The molecule has 0 aliphatic carbocycles. The molecule has 0 aromatic carbocycles. The summed E-state index contributed by atoms with van der Waals surface area (Å²) >= 11 is 6.44. The van der Waals surface area contributed by atoms with Crippen LogP contribution in [-0.4, -0.2) is 68.8 Å². The summed E-state index contributed by atoms with van der Waals surface area (Å²) in [6.07, 6.45) is -0.0889. The molecule has 13 heteroatoms. The van der Waals surface area contributed by atoms with Gasteiger partial charge >= 0.3 is 7.82 Å². The number of phosphoric ester groups is 1. The molecule has 0 radical (unpaired) electrons. The van der Waals surface area contributed by atoms with E-state index in [1.54, 1.807) is 16.8 Å². The summed E-state index contributed by atoms with van der Waals surface area (Å²) in [6, 6.07) is 1.56. The van der Waals surface area contributed by atoms with Gasteiger partial charge in [-0.1, -0.05) is 0 Å². The average molecular weight is 413 g/mol. The van der Waals surface area contributed by atoms with Crippen molar-refractivity contribution in [2.75, 3.05) is 32.7 Å². The normalized spacial score (nSPS) is 26.9. The van der Waals surface area contributed by atoms with Gasteiger partial charge < -0.3 is 34.7 Å². The summed E-state index contributed by atoms with van der Waals surface area (Å²) in [5.41, 5.74) is 5.61. The molecule has 2 heterocycles. The highest BCUT2D eigenvalue weighted by Gasteiger charge is 2.45. The van der Waals surface area contributed by atoms with Gasteiger partial charge in [0.1, 0.15) is 17.3 Å². The fourth-order valence-electron chi connectivity index (χ4n) is 2.32. The summed E-state index contributed by atoms with van der Waals surface area (Å²) < 4.78 is 27.9. The smallest absolute Gasteiger partial charge is 0.389 e. The zero-order valence-electron chi connectivity index (χ0n) is 13.3. The standard InChI is InChI=1S/C12H20N3O7PS2/c1-20-4-5-21-10-9(16)7(6-22-23(17,18)19)25-11(10)15-3-2-8(13)14-12(15)24/h2-3,7,9-11,16H,4-6H2,1H3,(H2,13,14,24)(H2,17,18,19). The summed E-state index contributed by atoms with van der Waals surface area (Å²) in [6.45, 7) is 0.221. The van der Waals surface area contributed by atoms with Crippen molar-refractivity contribution in [3.63, 3.8) is 0 Å². The minimum Gasteiger partial charge on any atom is -0.389 e. The molecule has 5 N–H and O–H groups in total. The van der Waals surface area contributed by atoms with Crippen LogP contribution in [0, 0.1) is 4.77 Å². The van der Waals surface area contributed by atoms with E-state index < -0.39 is 30.7 Å². The number of thioether (sulfide) groups is 1. The van der Waals surface area contributed by atoms with E-state index in [4.69, 9.17) is 37.2 Å². The Balaban J connectivity index is 2.21. The van der Waals surface area contributed by atoms with Gasteiger partial charge in [-0.15, -0.1) is 11.8 Å². The molecule has 0 spiro atoms. The predicted octanol–water partition coefficient (Wildman–Crippen LogP) is 0.311. The number of anilines is 1. The van der Waals surface area contributed by atoms with Crippen molar-refractivity contribution in [3.05, 3.63) is 17.0 Å². The molecule has 1 aliphatic heterocycles. The molecule has 4 unspecified atom stereocenters. The number of hydrogen-bond acceptors (Lipinski definition) is 9. The van der Waals surface area contributed by atoms with E-state index >= 15 is 0 Å². The number of nitrogen functional groups attached to an aromatic ring is 1. The zero-order valence-corrected chi connectivity index (χ0v) is 15.8. The third kappa shape index (κ3) is 5.71. The average Bonchev–Trinajstić information content (AvgIpc) is 2.82. The summed E-state index contributed by atoms with van der Waals surface area (Å²) in [7, 11) is -3.11. The predicted molar refractivity (Wildman–Crippen MR) is 93.5 cm³/mol. The zero-order chi connectivity index (χ0) is 18.6. The van der Waals surface area contributed by atoms with Crippen molar-refractivity contribution in [2.45, 2.75) is 22.8 Å². The third-order valence-corrected chi connectivity index (χ3v) is 5.77. The molecule has 1 saturated heterocycles. The molecule has 2 rings (SSSR count). The van der Waals surface area contributed by atoms with Crippen LogP contribution in [0.25, 0.3) is 0 Å². The minimum absolute atomic E-state index is 0.210. The molecule has 25 heavy (non-hydrogen) atoms. The summed E-state index contributed by atoms with van der Waals surface area (Å²) in [4.78, 5) is 21.7. The van der Waals surface area contributed by atoms with Gasteiger partial charge in [0.2, 0.25) is 4.77 Å². The van der Waals surface area contributed by atoms with Crippen molar-refractivity contribution in [1.82, 2.24) is 9.55 Å². The maximum atomic E-state index is 10.9. The number of nitrogens with two attached hydrogens (primary N) is 1. The molecule has 4 atom stereocenters. The van der Waals surface area contributed by atoms with Gasteiger partial charge in [0.05, 0.1) is 31.2 Å². The second-order valence-corrected chi connectivity index (χ2v) is 8.18. The highest BCUT2D eigenvalue weighted by Crippen LogP contribution is 2.46. The number of aliphatic hydroxyl groups is 1. The SMILES string of the molecule is COCCOC1C(O)C(COP(=O)(O)O)SC1n1ccc(N)nc1=S. The molecule has 1 aromatic rings. The van der Waals surface area contributed by atoms with Gasteiger partial charge in [-0.3, -0.25) is 4.52 Å². The van der Waals surface area contributed by atoms with Gasteiger partial charge in [-0.05, 0) is 18.3 Å². The minimum atomic E-state index is -4.64. The van der Waals surface area contributed by atoms with Gasteiger partial charge in [-0.2, -0.15) is 0 Å². The first-order valence-corrected chi connectivity index (χ1v) is 10.1. The molecule has 0 bridgehead atoms. The number of methoxy groups -OCH3 is 1. The molecule has 1 aromatic heterocycles. The van der Waals surface area contributed by atoms with E-state index in [0.29, 0.717) is 6.61 Å². The Labute approximate surface area is 153 Å². The molecular formula is C12H20N3O7PS2. The number of aliphatic hydroxyl groups excluding tert-OH is 1. The third-order valence-electron chi connectivity index (χ3n) is 3.44. The Morgan fingerprint density at radius 1 is 1.48 bits per heavy atom. The molecule has 10 nitrogen and oxygen atoms in total. The first-order valence-electron chi connectivity index (χ1n) is 7.22. The van der Waals surface area contributed by atoms with E-state index in [1.165, 1.54) is 18.9 Å². The first kappa shape index (κ1) is 20.7. The summed E-state index contributed by atoms with van der Waals surface area (Å²) in [5, 5.41) is 9.43. The van der Waals surface area contributed by atoms with E-state index in [1.807, 2.05) is 0 Å².